The fourth-order valence-electron chi connectivity index (χ4n) is 3.12. The highest BCUT2D eigenvalue weighted by molar-refractivity contribution is 7.11. The fourth-order valence-corrected chi connectivity index (χ4v) is 3.96. The number of amides is 1. The number of fused-ring (bicyclic) bond motifs is 1. The summed E-state index contributed by atoms with van der Waals surface area (Å²) in [5.41, 5.74) is 3.18. The van der Waals surface area contributed by atoms with Crippen LogP contribution in [0.25, 0.3) is 28.0 Å². The van der Waals surface area contributed by atoms with Gasteiger partial charge in [0.25, 0.3) is 5.91 Å². The highest BCUT2D eigenvalue weighted by atomic mass is 32.1. The highest BCUT2D eigenvalue weighted by Gasteiger charge is 2.11. The number of carbonyl (C=O) groups excluding carboxylic acids is 1. The predicted octanol–water partition coefficient (Wildman–Crippen LogP) is 5.19. The molecule has 0 aliphatic carbocycles. The first-order chi connectivity index (χ1) is 14.2. The second kappa shape index (κ2) is 8.51. The van der Waals surface area contributed by atoms with Crippen molar-refractivity contribution in [1.29, 1.82) is 5.26 Å². The first-order valence-electron chi connectivity index (χ1n) is 9.10. The van der Waals surface area contributed by atoms with Gasteiger partial charge in [-0.25, -0.2) is 0 Å². The summed E-state index contributed by atoms with van der Waals surface area (Å²) in [6, 6.07) is 22.2. The zero-order chi connectivity index (χ0) is 20.1. The zero-order valence-electron chi connectivity index (χ0n) is 15.5. The minimum absolute atomic E-state index is 0.0835. The van der Waals surface area contributed by atoms with Crippen molar-refractivity contribution in [1.82, 2.24) is 10.3 Å². The van der Waals surface area contributed by atoms with E-state index in [9.17, 15) is 10.1 Å². The van der Waals surface area contributed by atoms with Gasteiger partial charge in [-0.2, -0.15) is 5.26 Å². The smallest absolute Gasteiger partial charge is 0.262 e. The molecule has 0 aliphatic rings. The average molecular weight is 395 g/mol. The molecule has 1 N–H and O–H groups in total. The molecule has 0 spiro atoms. The van der Waals surface area contributed by atoms with E-state index in [1.165, 1.54) is 22.1 Å². The molecule has 0 saturated heterocycles. The molecule has 0 aliphatic heterocycles. The van der Waals surface area contributed by atoms with E-state index in [0.717, 1.165) is 21.6 Å². The molecule has 0 fully saturated rings. The third-order valence-corrected chi connectivity index (χ3v) is 5.43. The van der Waals surface area contributed by atoms with Gasteiger partial charge in [0, 0.05) is 23.8 Å². The van der Waals surface area contributed by atoms with Gasteiger partial charge in [0.1, 0.15) is 11.6 Å². The number of thiophene rings is 1. The van der Waals surface area contributed by atoms with Gasteiger partial charge in [-0.1, -0.05) is 48.5 Å². The number of hydrogen-bond donors (Lipinski definition) is 1. The molecule has 0 saturated carbocycles. The van der Waals surface area contributed by atoms with Gasteiger partial charge in [0.05, 0.1) is 0 Å². The topological polar surface area (TPSA) is 65.8 Å². The van der Waals surface area contributed by atoms with Crippen molar-refractivity contribution in [3.05, 3.63) is 94.5 Å². The van der Waals surface area contributed by atoms with Gasteiger partial charge in [0.15, 0.2) is 0 Å². The number of pyridine rings is 1. The van der Waals surface area contributed by atoms with Gasteiger partial charge >= 0.3 is 0 Å². The maximum atomic E-state index is 12.4. The minimum Gasteiger partial charge on any atom is -0.347 e. The van der Waals surface area contributed by atoms with Crippen LogP contribution in [0, 0.1) is 11.3 Å². The summed E-state index contributed by atoms with van der Waals surface area (Å²) in [7, 11) is 0. The normalized spacial score (nSPS) is 11.2. The van der Waals surface area contributed by atoms with E-state index >= 15 is 0 Å². The van der Waals surface area contributed by atoms with Crippen LogP contribution in [0.3, 0.4) is 0 Å². The number of carbonyl (C=O) groups is 1. The van der Waals surface area contributed by atoms with Crippen molar-refractivity contribution >= 4 is 34.1 Å². The minimum atomic E-state index is -0.392. The van der Waals surface area contributed by atoms with Crippen LogP contribution in [0.5, 0.6) is 0 Å². The molecule has 2 aromatic carbocycles. The van der Waals surface area contributed by atoms with E-state index in [4.69, 9.17) is 0 Å². The number of aromatic nitrogens is 1. The van der Waals surface area contributed by atoms with Crippen LogP contribution in [0.4, 0.5) is 0 Å². The van der Waals surface area contributed by atoms with Crippen LogP contribution in [-0.2, 0) is 11.3 Å². The largest absolute Gasteiger partial charge is 0.347 e. The Hall–Kier alpha value is -3.75. The summed E-state index contributed by atoms with van der Waals surface area (Å²) >= 11 is 1.51. The molecule has 4 rings (SSSR count). The first kappa shape index (κ1) is 18.6. The number of rotatable bonds is 5. The average Bonchev–Trinajstić information content (AvgIpc) is 3.24. The van der Waals surface area contributed by atoms with E-state index in [0.29, 0.717) is 6.54 Å². The van der Waals surface area contributed by atoms with Gasteiger partial charge in [-0.3, -0.25) is 9.78 Å². The summed E-state index contributed by atoms with van der Waals surface area (Å²) in [6.45, 7) is 0.331. The molecule has 1 amide bonds. The number of nitriles is 1. The molecule has 0 bridgehead atoms. The SMILES string of the molecule is N#C/C(=C\c1cc(-c2cccc3ccccc23)cs1)C(=O)NCc1cccnc1. The monoisotopic (exact) mass is 395 g/mol. The molecular weight excluding hydrogens is 378 g/mol. The molecule has 0 radical (unpaired) electrons. The lowest BCUT2D eigenvalue weighted by atomic mass is 10.00. The maximum absolute atomic E-state index is 12.4. The summed E-state index contributed by atoms with van der Waals surface area (Å²) in [6.07, 6.45) is 5.00. The van der Waals surface area contributed by atoms with E-state index in [2.05, 4.69) is 39.9 Å². The molecule has 140 valence electrons. The van der Waals surface area contributed by atoms with Crippen molar-refractivity contribution in [2.45, 2.75) is 6.54 Å². The van der Waals surface area contributed by atoms with Crippen LogP contribution in [0.15, 0.2) is 84.0 Å². The Bertz CT molecular complexity index is 1230. The Balaban J connectivity index is 1.55. The van der Waals surface area contributed by atoms with E-state index in [-0.39, 0.29) is 5.57 Å². The molecule has 2 aromatic heterocycles. The fraction of sp³-hybridized carbons (Fsp3) is 0.0417. The van der Waals surface area contributed by atoms with Crippen molar-refractivity contribution < 1.29 is 4.79 Å². The lowest BCUT2D eigenvalue weighted by Gasteiger charge is -2.04. The van der Waals surface area contributed by atoms with Crippen LogP contribution < -0.4 is 5.32 Å². The molecular formula is C24H17N3OS. The quantitative estimate of drug-likeness (QED) is 0.374. The lowest BCUT2D eigenvalue weighted by molar-refractivity contribution is -0.117. The molecule has 4 aromatic rings. The van der Waals surface area contributed by atoms with E-state index in [1.807, 2.05) is 42.5 Å². The number of nitrogens with zero attached hydrogens (tertiary/aromatic N) is 2. The zero-order valence-corrected chi connectivity index (χ0v) is 16.3. The second-order valence-corrected chi connectivity index (χ2v) is 7.42. The highest BCUT2D eigenvalue weighted by Crippen LogP contribution is 2.32. The first-order valence-corrected chi connectivity index (χ1v) is 9.98. The molecule has 2 heterocycles. The van der Waals surface area contributed by atoms with E-state index in [1.54, 1.807) is 18.5 Å². The summed E-state index contributed by atoms with van der Waals surface area (Å²) in [4.78, 5) is 17.3. The predicted molar refractivity (Wildman–Crippen MR) is 117 cm³/mol. The standard InChI is InChI=1S/C24H17N3OS/c25-13-19(24(28)27-15-17-5-4-10-26-14-17)11-21-12-20(16-29-21)23-9-3-7-18-6-1-2-8-22(18)23/h1-12,14,16H,15H2,(H,27,28)/b19-11+. The Labute approximate surface area is 172 Å². The van der Waals surface area contributed by atoms with Crippen LogP contribution in [-0.4, -0.2) is 10.9 Å². The molecule has 4 nitrogen and oxygen atoms in total. The van der Waals surface area contributed by atoms with Crippen LogP contribution in [0.2, 0.25) is 0 Å². The van der Waals surface area contributed by atoms with Gasteiger partial charge in [-0.15, -0.1) is 11.3 Å². The number of benzene rings is 2. The van der Waals surface area contributed by atoms with Gasteiger partial charge in [-0.05, 0) is 51.1 Å². The van der Waals surface area contributed by atoms with Crippen molar-refractivity contribution in [3.8, 4) is 17.2 Å². The lowest BCUT2D eigenvalue weighted by Crippen LogP contribution is -2.23. The Morgan fingerprint density at radius 1 is 1.14 bits per heavy atom. The van der Waals surface area contributed by atoms with E-state index < -0.39 is 5.91 Å². The van der Waals surface area contributed by atoms with Gasteiger partial charge < -0.3 is 5.32 Å². The Kier molecular flexibility index (Phi) is 5.46. The summed E-state index contributed by atoms with van der Waals surface area (Å²) in [5.74, 6) is -0.392. The summed E-state index contributed by atoms with van der Waals surface area (Å²) < 4.78 is 0. The van der Waals surface area contributed by atoms with Crippen molar-refractivity contribution in [3.63, 3.8) is 0 Å². The third-order valence-electron chi connectivity index (χ3n) is 4.55. The number of nitrogens with one attached hydrogen (secondary N) is 1. The maximum Gasteiger partial charge on any atom is 0.262 e. The molecule has 5 heteroatoms. The third kappa shape index (κ3) is 4.23. The molecule has 0 atom stereocenters. The second-order valence-electron chi connectivity index (χ2n) is 6.48. The van der Waals surface area contributed by atoms with Crippen molar-refractivity contribution in [2.75, 3.05) is 0 Å². The van der Waals surface area contributed by atoms with Crippen LogP contribution in [0.1, 0.15) is 10.4 Å². The Morgan fingerprint density at radius 2 is 2.00 bits per heavy atom. The van der Waals surface area contributed by atoms with Gasteiger partial charge in [0.2, 0.25) is 0 Å². The van der Waals surface area contributed by atoms with Crippen LogP contribution >= 0.6 is 11.3 Å². The Morgan fingerprint density at radius 3 is 2.83 bits per heavy atom. The van der Waals surface area contributed by atoms with Crippen molar-refractivity contribution in [2.24, 2.45) is 0 Å². The number of hydrogen-bond acceptors (Lipinski definition) is 4. The molecule has 29 heavy (non-hydrogen) atoms. The molecule has 0 unspecified atom stereocenters. The summed E-state index contributed by atoms with van der Waals surface area (Å²) in [5, 5.41) is 16.6.